The van der Waals surface area contributed by atoms with Crippen LogP contribution in [0, 0.1) is 0 Å². The van der Waals surface area contributed by atoms with Gasteiger partial charge in [-0.05, 0) is 0 Å². The summed E-state index contributed by atoms with van der Waals surface area (Å²) in [7, 11) is -3.63. The molecular weight excluding hydrogens is 171 g/mol. The van der Waals surface area contributed by atoms with Crippen molar-refractivity contribution in [3.63, 3.8) is 0 Å². The van der Waals surface area contributed by atoms with E-state index >= 15 is 0 Å². The normalized spacial score (nSPS) is 4.00. The van der Waals surface area contributed by atoms with Gasteiger partial charge in [0.1, 0.15) is 0 Å². The Labute approximate surface area is 77.1 Å². The third-order valence-corrected chi connectivity index (χ3v) is 0. The largest absolute Gasteiger partial charge is 2.00 e. The van der Waals surface area contributed by atoms with Crippen molar-refractivity contribution in [1.29, 1.82) is 0 Å². The van der Waals surface area contributed by atoms with Crippen LogP contribution in [0.15, 0.2) is 0 Å². The minimum absolute atomic E-state index is 0. The summed E-state index contributed by atoms with van der Waals surface area (Å²) in [6.07, 6.45) is 0. The Morgan fingerprint density at radius 1 is 1.33 bits per heavy atom. The predicted molar refractivity (Wildman–Crippen MR) is 12.2 cm³/mol. The van der Waals surface area contributed by atoms with E-state index in [1.54, 1.807) is 0 Å². The maximum Gasteiger partial charge on any atom is 2.00 e. The molecule has 0 aliphatic heterocycles. The summed E-state index contributed by atoms with van der Waals surface area (Å²) in [6.45, 7) is 0. The van der Waals surface area contributed by atoms with Gasteiger partial charge in [0, 0.05) is 9.17 Å². The molecule has 0 amide bonds. The summed E-state index contributed by atoms with van der Waals surface area (Å²) in [5.41, 5.74) is 0. The molecular formula is CaMnO3Si+2. The predicted octanol–water partition coefficient (Wildman–Crippen LogP) is -3.26. The average Bonchev–Trinajstić information content (AvgIpc) is 0.811. The van der Waals surface area contributed by atoms with Crippen LogP contribution >= 0.6 is 0 Å². The molecule has 1 radical (unpaired) electrons. The zero-order valence-corrected chi connectivity index (χ0v) is 7.20. The van der Waals surface area contributed by atoms with E-state index in [0.717, 1.165) is 0 Å². The molecule has 0 atom stereocenters. The molecule has 3 nitrogen and oxygen atoms in total. The number of rotatable bonds is 0. The van der Waals surface area contributed by atoms with Gasteiger partial charge in [0.25, 0.3) is 0 Å². The zero-order valence-electron chi connectivity index (χ0n) is 2.81. The fraction of sp³-hybridized carbons (Fsp3) is 0. The average molecular weight is 171 g/mol. The van der Waals surface area contributed by atoms with E-state index in [0.29, 0.717) is 0 Å². The van der Waals surface area contributed by atoms with Gasteiger partial charge in [0.05, 0.1) is 0 Å². The number of hydrogen-bond donors (Lipinski definition) is 0. The quantitative estimate of drug-likeness (QED) is 0.359. The van der Waals surface area contributed by atoms with Gasteiger partial charge in [-0.15, -0.1) is 0 Å². The second-order valence-electron chi connectivity index (χ2n) is 0.250. The van der Waals surface area contributed by atoms with E-state index in [-0.39, 0.29) is 54.8 Å². The molecule has 0 heterocycles. The first-order chi connectivity index (χ1) is 1.73. The van der Waals surface area contributed by atoms with Crippen LogP contribution in [0.5, 0.6) is 0 Å². The Kier molecular flexibility index (Phi) is 25.1. The summed E-state index contributed by atoms with van der Waals surface area (Å²) in [5, 5.41) is 0. The molecule has 0 saturated heterocycles. The molecule has 6 heteroatoms. The first kappa shape index (κ1) is 15.7. The third kappa shape index (κ3) is 53.5. The zero-order chi connectivity index (χ0) is 3.58. The van der Waals surface area contributed by atoms with Crippen LogP contribution < -0.4 is 9.59 Å². The summed E-state index contributed by atoms with van der Waals surface area (Å²) in [6, 6.07) is 0. The van der Waals surface area contributed by atoms with Gasteiger partial charge in [-0.3, -0.25) is 0 Å². The van der Waals surface area contributed by atoms with Crippen LogP contribution in [-0.4, -0.2) is 46.9 Å². The van der Waals surface area contributed by atoms with Crippen LogP contribution in [0.1, 0.15) is 0 Å². The van der Waals surface area contributed by atoms with E-state index < -0.39 is 9.17 Å². The molecule has 29 valence electrons. The van der Waals surface area contributed by atoms with Gasteiger partial charge >= 0.3 is 54.8 Å². The van der Waals surface area contributed by atoms with Crippen LogP contribution in [0.25, 0.3) is 0 Å². The van der Waals surface area contributed by atoms with Crippen molar-refractivity contribution in [3.8, 4) is 0 Å². The third-order valence-electron chi connectivity index (χ3n) is 0. The van der Waals surface area contributed by atoms with Crippen molar-refractivity contribution in [1.82, 2.24) is 0 Å². The van der Waals surface area contributed by atoms with Gasteiger partial charge < -0.3 is 14.1 Å². The van der Waals surface area contributed by atoms with Crippen molar-refractivity contribution >= 4 is 46.9 Å². The van der Waals surface area contributed by atoms with Gasteiger partial charge in [-0.1, -0.05) is 0 Å². The molecule has 0 bridgehead atoms. The van der Waals surface area contributed by atoms with Crippen LogP contribution in [0.4, 0.5) is 0 Å². The molecule has 0 saturated carbocycles. The van der Waals surface area contributed by atoms with Gasteiger partial charge in [0.15, 0.2) is 0 Å². The Morgan fingerprint density at radius 3 is 1.33 bits per heavy atom. The molecule has 0 aromatic carbocycles. The first-order valence-electron chi connectivity index (χ1n) is 0.612. The van der Waals surface area contributed by atoms with E-state index in [1.165, 1.54) is 0 Å². The van der Waals surface area contributed by atoms with Gasteiger partial charge in [-0.2, -0.15) is 0 Å². The van der Waals surface area contributed by atoms with Crippen molar-refractivity contribution in [2.45, 2.75) is 0 Å². The topological polar surface area (TPSA) is 63.2 Å². The van der Waals surface area contributed by atoms with Crippen LogP contribution in [0.2, 0.25) is 0 Å². The molecule has 0 rings (SSSR count). The fourth-order valence-electron chi connectivity index (χ4n) is 0. The SMILES string of the molecule is O=[Si]([O-])[O-].[Ca+2].[Mn+2]. The standard InChI is InChI=1S/Ca.Mn.O3Si/c;;1-4(2)3/q2*+2;-2. The molecule has 0 fully saturated rings. The summed E-state index contributed by atoms with van der Waals surface area (Å²) in [5.74, 6) is 0. The molecule has 0 aromatic rings. The Bertz CT molecular complexity index is 33.8. The molecule has 0 spiro atoms. The maximum absolute atomic E-state index is 8.52. The van der Waals surface area contributed by atoms with Crippen molar-refractivity contribution in [3.05, 3.63) is 0 Å². The first-order valence-corrected chi connectivity index (χ1v) is 1.84. The minimum Gasteiger partial charge on any atom is -0.672 e. The molecule has 0 aliphatic rings. The van der Waals surface area contributed by atoms with Gasteiger partial charge in [-0.25, -0.2) is 0 Å². The summed E-state index contributed by atoms with van der Waals surface area (Å²) < 4.78 is 8.52. The summed E-state index contributed by atoms with van der Waals surface area (Å²) >= 11 is 0. The molecule has 0 aliphatic carbocycles. The maximum atomic E-state index is 8.52. The smallest absolute Gasteiger partial charge is 0.672 e. The van der Waals surface area contributed by atoms with Crippen LogP contribution in [0.3, 0.4) is 0 Å². The van der Waals surface area contributed by atoms with E-state index in [2.05, 4.69) is 0 Å². The Hall–Kier alpha value is 1.40. The summed E-state index contributed by atoms with van der Waals surface area (Å²) in [4.78, 5) is 17.0. The fourth-order valence-corrected chi connectivity index (χ4v) is 0. The van der Waals surface area contributed by atoms with E-state index in [4.69, 9.17) is 14.1 Å². The Morgan fingerprint density at radius 2 is 1.33 bits per heavy atom. The molecule has 0 N–H and O–H groups in total. The number of hydrogen-bond acceptors (Lipinski definition) is 3. The minimum atomic E-state index is -3.63. The molecule has 0 aromatic heterocycles. The van der Waals surface area contributed by atoms with Crippen molar-refractivity contribution in [2.75, 3.05) is 0 Å². The second-order valence-corrected chi connectivity index (χ2v) is 0.750. The molecule has 0 unspecified atom stereocenters. The van der Waals surface area contributed by atoms with Gasteiger partial charge in [0.2, 0.25) is 0 Å². The molecule has 6 heavy (non-hydrogen) atoms. The monoisotopic (exact) mass is 171 g/mol. The second kappa shape index (κ2) is 9.64. The Balaban J connectivity index is -0.0000000450. The van der Waals surface area contributed by atoms with Crippen molar-refractivity contribution < 1.29 is 31.1 Å². The van der Waals surface area contributed by atoms with Crippen molar-refractivity contribution in [2.24, 2.45) is 0 Å². The van der Waals surface area contributed by atoms with Crippen LogP contribution in [-0.2, 0) is 21.5 Å². The van der Waals surface area contributed by atoms with E-state index in [1.807, 2.05) is 0 Å². The van der Waals surface area contributed by atoms with E-state index in [9.17, 15) is 0 Å².